The van der Waals surface area contributed by atoms with Crippen LogP contribution in [0.4, 0.5) is 0 Å². The van der Waals surface area contributed by atoms with Gasteiger partial charge in [0.15, 0.2) is 0 Å². The molecule has 1 aromatic rings. The van der Waals surface area contributed by atoms with Crippen molar-refractivity contribution in [3.8, 4) is 0 Å². The van der Waals surface area contributed by atoms with Crippen LogP contribution >= 0.6 is 0 Å². The zero-order valence-electron chi connectivity index (χ0n) is 10.1. The maximum atomic E-state index is 11.8. The van der Waals surface area contributed by atoms with Crippen molar-refractivity contribution in [3.05, 3.63) is 24.5 Å². The predicted octanol–water partition coefficient (Wildman–Crippen LogP) is 0.733. The molecule has 0 amide bonds. The fraction of sp³-hybridized carbons (Fsp3) is 0.545. The Labute approximate surface area is 102 Å². The molecule has 96 valence electrons. The molecule has 0 aliphatic heterocycles. The molecule has 0 bridgehead atoms. The molecule has 3 N–H and O–H groups in total. The highest BCUT2D eigenvalue weighted by Crippen LogP contribution is 2.06. The molecule has 1 atom stereocenters. The van der Waals surface area contributed by atoms with Crippen LogP contribution in [0.25, 0.3) is 0 Å². The van der Waals surface area contributed by atoms with Crippen LogP contribution in [0.2, 0.25) is 0 Å². The molecule has 1 unspecified atom stereocenters. The van der Waals surface area contributed by atoms with Crippen molar-refractivity contribution in [2.75, 3.05) is 6.54 Å². The van der Waals surface area contributed by atoms with Gasteiger partial charge in [0.1, 0.15) is 4.90 Å². The Morgan fingerprint density at radius 3 is 2.71 bits per heavy atom. The summed E-state index contributed by atoms with van der Waals surface area (Å²) in [6.07, 6.45) is 3.63. The summed E-state index contributed by atoms with van der Waals surface area (Å²) in [5, 5.41) is 0. The van der Waals surface area contributed by atoms with Crippen molar-refractivity contribution in [3.63, 3.8) is 0 Å². The molecule has 5 nitrogen and oxygen atoms in total. The Bertz CT molecular complexity index is 431. The summed E-state index contributed by atoms with van der Waals surface area (Å²) in [6, 6.07) is 2.92. The number of hydrogen-bond acceptors (Lipinski definition) is 4. The Morgan fingerprint density at radius 1 is 1.47 bits per heavy atom. The molecule has 0 fully saturated rings. The Kier molecular flexibility index (Phi) is 5.04. The van der Waals surface area contributed by atoms with Crippen LogP contribution in [0.1, 0.15) is 20.3 Å². The van der Waals surface area contributed by atoms with Crippen molar-refractivity contribution in [2.24, 2.45) is 11.7 Å². The predicted molar refractivity (Wildman–Crippen MR) is 66.9 cm³/mol. The minimum Gasteiger partial charge on any atom is -0.327 e. The number of aromatic nitrogens is 1. The second-order valence-corrected chi connectivity index (χ2v) is 6.20. The first-order chi connectivity index (χ1) is 7.92. The number of nitrogens with one attached hydrogen (secondary N) is 1. The molecule has 17 heavy (non-hydrogen) atoms. The van der Waals surface area contributed by atoms with Gasteiger partial charge in [-0.05, 0) is 24.5 Å². The molecule has 0 aliphatic rings. The van der Waals surface area contributed by atoms with Crippen LogP contribution in [-0.2, 0) is 10.0 Å². The average Bonchev–Trinajstić information content (AvgIpc) is 2.27. The summed E-state index contributed by atoms with van der Waals surface area (Å²) in [5.74, 6) is 0.452. The smallest absolute Gasteiger partial charge is 0.242 e. The van der Waals surface area contributed by atoms with E-state index in [1.165, 1.54) is 18.5 Å². The van der Waals surface area contributed by atoms with Gasteiger partial charge in [-0.2, -0.15) is 0 Å². The molecule has 0 saturated carbocycles. The van der Waals surface area contributed by atoms with Gasteiger partial charge in [-0.1, -0.05) is 13.8 Å². The van der Waals surface area contributed by atoms with Gasteiger partial charge in [0.25, 0.3) is 0 Å². The molecule has 0 radical (unpaired) electrons. The third-order valence-corrected chi connectivity index (χ3v) is 3.66. The topological polar surface area (TPSA) is 85.1 Å². The quantitative estimate of drug-likeness (QED) is 0.787. The fourth-order valence-corrected chi connectivity index (χ4v) is 2.55. The minimum absolute atomic E-state index is 0.164. The summed E-state index contributed by atoms with van der Waals surface area (Å²) < 4.78 is 26.1. The highest BCUT2D eigenvalue weighted by atomic mass is 32.2. The summed E-state index contributed by atoms with van der Waals surface area (Å²) >= 11 is 0. The van der Waals surface area contributed by atoms with Gasteiger partial charge in [-0.3, -0.25) is 4.98 Å². The number of nitrogens with zero attached hydrogens (tertiary/aromatic N) is 1. The highest BCUT2D eigenvalue weighted by Gasteiger charge is 2.15. The van der Waals surface area contributed by atoms with E-state index < -0.39 is 10.0 Å². The SMILES string of the molecule is CC(C)CC(N)CNS(=O)(=O)c1cccnc1. The Morgan fingerprint density at radius 2 is 2.18 bits per heavy atom. The van der Waals surface area contributed by atoms with E-state index in [1.807, 2.05) is 0 Å². The van der Waals surface area contributed by atoms with Crippen LogP contribution in [0.15, 0.2) is 29.4 Å². The lowest BCUT2D eigenvalue weighted by Crippen LogP contribution is -2.38. The van der Waals surface area contributed by atoms with Crippen molar-refractivity contribution in [1.82, 2.24) is 9.71 Å². The molecular formula is C11H19N3O2S. The lowest BCUT2D eigenvalue weighted by atomic mass is 10.1. The van der Waals surface area contributed by atoms with Gasteiger partial charge in [-0.25, -0.2) is 13.1 Å². The number of pyridine rings is 1. The van der Waals surface area contributed by atoms with E-state index in [9.17, 15) is 8.42 Å². The number of nitrogens with two attached hydrogens (primary N) is 1. The second kappa shape index (κ2) is 6.09. The Balaban J connectivity index is 2.57. The van der Waals surface area contributed by atoms with Gasteiger partial charge in [0, 0.05) is 25.0 Å². The molecule has 0 aromatic carbocycles. The van der Waals surface area contributed by atoms with Gasteiger partial charge in [0.05, 0.1) is 0 Å². The zero-order valence-corrected chi connectivity index (χ0v) is 10.9. The molecule has 1 heterocycles. The number of sulfonamides is 1. The van der Waals surface area contributed by atoms with Crippen LogP contribution in [0.5, 0.6) is 0 Å². The van der Waals surface area contributed by atoms with Crippen LogP contribution in [-0.4, -0.2) is 26.0 Å². The highest BCUT2D eigenvalue weighted by molar-refractivity contribution is 7.89. The summed E-state index contributed by atoms with van der Waals surface area (Å²) in [5.41, 5.74) is 5.82. The second-order valence-electron chi connectivity index (χ2n) is 4.43. The minimum atomic E-state index is -3.48. The van der Waals surface area contributed by atoms with Gasteiger partial charge < -0.3 is 5.73 Å². The number of hydrogen-bond donors (Lipinski definition) is 2. The summed E-state index contributed by atoms with van der Waals surface area (Å²) in [4.78, 5) is 3.94. The molecule has 0 spiro atoms. The standard InChI is InChI=1S/C11H19N3O2S/c1-9(2)6-10(12)7-14-17(15,16)11-4-3-5-13-8-11/h3-5,8-10,14H,6-7,12H2,1-2H3. The third-order valence-electron chi connectivity index (χ3n) is 2.25. The fourth-order valence-electron chi connectivity index (χ4n) is 1.49. The molecule has 0 aliphatic carbocycles. The Hall–Kier alpha value is -0.980. The van der Waals surface area contributed by atoms with Gasteiger partial charge in [0.2, 0.25) is 10.0 Å². The average molecular weight is 257 g/mol. The lowest BCUT2D eigenvalue weighted by molar-refractivity contribution is 0.486. The van der Waals surface area contributed by atoms with Crippen LogP contribution < -0.4 is 10.5 Å². The zero-order chi connectivity index (χ0) is 12.9. The maximum absolute atomic E-state index is 11.8. The first-order valence-electron chi connectivity index (χ1n) is 5.57. The summed E-state index contributed by atoms with van der Waals surface area (Å²) in [6.45, 7) is 4.35. The molecule has 6 heteroatoms. The summed E-state index contributed by atoms with van der Waals surface area (Å²) in [7, 11) is -3.48. The van der Waals surface area contributed by atoms with Crippen molar-refractivity contribution in [1.29, 1.82) is 0 Å². The number of rotatable bonds is 6. The van der Waals surface area contributed by atoms with Crippen molar-refractivity contribution >= 4 is 10.0 Å². The first-order valence-corrected chi connectivity index (χ1v) is 7.05. The van der Waals surface area contributed by atoms with E-state index in [2.05, 4.69) is 23.6 Å². The van der Waals surface area contributed by atoms with E-state index in [-0.39, 0.29) is 17.5 Å². The van der Waals surface area contributed by atoms with Crippen LogP contribution in [0.3, 0.4) is 0 Å². The van der Waals surface area contributed by atoms with Crippen LogP contribution in [0, 0.1) is 5.92 Å². The van der Waals surface area contributed by atoms with Gasteiger partial charge in [-0.15, -0.1) is 0 Å². The largest absolute Gasteiger partial charge is 0.327 e. The third kappa shape index (κ3) is 4.80. The normalized spacial score (nSPS) is 13.9. The lowest BCUT2D eigenvalue weighted by Gasteiger charge is -2.14. The monoisotopic (exact) mass is 257 g/mol. The molecule has 1 aromatic heterocycles. The van der Waals surface area contributed by atoms with Crippen molar-refractivity contribution < 1.29 is 8.42 Å². The maximum Gasteiger partial charge on any atom is 0.242 e. The van der Waals surface area contributed by atoms with E-state index in [1.54, 1.807) is 6.07 Å². The molecule has 1 rings (SSSR count). The van der Waals surface area contributed by atoms with E-state index in [0.717, 1.165) is 6.42 Å². The molecule has 0 saturated heterocycles. The first kappa shape index (κ1) is 14.1. The van der Waals surface area contributed by atoms with E-state index >= 15 is 0 Å². The van der Waals surface area contributed by atoms with Crippen molar-refractivity contribution in [2.45, 2.75) is 31.2 Å². The molecular weight excluding hydrogens is 238 g/mol. The van der Waals surface area contributed by atoms with E-state index in [4.69, 9.17) is 5.73 Å². The van der Waals surface area contributed by atoms with E-state index in [0.29, 0.717) is 5.92 Å². The van der Waals surface area contributed by atoms with Gasteiger partial charge >= 0.3 is 0 Å².